The van der Waals surface area contributed by atoms with E-state index in [0.29, 0.717) is 0 Å². The Morgan fingerprint density at radius 1 is 1.62 bits per heavy atom. The van der Waals surface area contributed by atoms with Gasteiger partial charge in [0.25, 0.3) is 0 Å². The van der Waals surface area contributed by atoms with Crippen molar-refractivity contribution in [3.8, 4) is 0 Å². The van der Waals surface area contributed by atoms with Crippen LogP contribution >= 0.6 is 0 Å². The van der Waals surface area contributed by atoms with Gasteiger partial charge in [0.1, 0.15) is 0 Å². The maximum atomic E-state index is 8.30. The fourth-order valence-electron chi connectivity index (χ4n) is 0.462. The Kier molecular flexibility index (Phi) is 4.95. The fourth-order valence-corrected chi connectivity index (χ4v) is 0.462. The van der Waals surface area contributed by atoms with Crippen molar-refractivity contribution in [2.24, 2.45) is 0 Å². The van der Waals surface area contributed by atoms with Crippen LogP contribution in [0.25, 0.3) is 0 Å². The van der Waals surface area contributed by atoms with Crippen molar-refractivity contribution in [1.29, 1.82) is 0 Å². The SMILES string of the molecule is CC(CCCO)NO. The number of hydroxylamine groups is 1. The first kappa shape index (κ1) is 7.88. The maximum absolute atomic E-state index is 8.30. The molecule has 3 heteroatoms. The zero-order valence-corrected chi connectivity index (χ0v) is 5.09. The largest absolute Gasteiger partial charge is 0.396 e. The highest BCUT2D eigenvalue weighted by molar-refractivity contribution is 4.51. The average Bonchev–Trinajstić information content (AvgIpc) is 1.83. The molecule has 0 bridgehead atoms. The number of aliphatic hydroxyl groups is 1. The van der Waals surface area contributed by atoms with E-state index in [1.807, 2.05) is 6.92 Å². The Hall–Kier alpha value is -0.120. The monoisotopic (exact) mass is 119 g/mol. The molecule has 0 aliphatic rings. The third kappa shape index (κ3) is 4.05. The van der Waals surface area contributed by atoms with Gasteiger partial charge in [0.15, 0.2) is 0 Å². The number of aliphatic hydroxyl groups excluding tert-OH is 1. The van der Waals surface area contributed by atoms with E-state index in [1.54, 1.807) is 0 Å². The van der Waals surface area contributed by atoms with E-state index in [4.69, 9.17) is 10.3 Å². The van der Waals surface area contributed by atoms with Gasteiger partial charge in [-0.15, -0.1) is 0 Å². The summed E-state index contributed by atoms with van der Waals surface area (Å²) in [5.41, 5.74) is 2.09. The van der Waals surface area contributed by atoms with Crippen LogP contribution in [0.15, 0.2) is 0 Å². The summed E-state index contributed by atoms with van der Waals surface area (Å²) in [5.74, 6) is 0. The normalized spacial score (nSPS) is 13.9. The molecule has 0 rings (SSSR count). The summed E-state index contributed by atoms with van der Waals surface area (Å²) < 4.78 is 0. The number of hydrogen-bond acceptors (Lipinski definition) is 3. The van der Waals surface area contributed by atoms with Crippen LogP contribution in [0.5, 0.6) is 0 Å². The molecule has 0 saturated heterocycles. The zero-order valence-electron chi connectivity index (χ0n) is 5.09. The first-order valence-corrected chi connectivity index (χ1v) is 2.81. The van der Waals surface area contributed by atoms with Crippen molar-refractivity contribution < 1.29 is 10.3 Å². The van der Waals surface area contributed by atoms with Crippen LogP contribution in [-0.4, -0.2) is 23.0 Å². The van der Waals surface area contributed by atoms with Gasteiger partial charge in [-0.3, -0.25) is 0 Å². The van der Waals surface area contributed by atoms with Gasteiger partial charge in [0, 0.05) is 12.6 Å². The molecule has 3 N–H and O–H groups in total. The summed E-state index contributed by atoms with van der Waals surface area (Å²) in [6.07, 6.45) is 1.56. The standard InChI is InChI=1S/C5H13NO2/c1-5(6-8)3-2-4-7/h5-8H,2-4H2,1H3. The van der Waals surface area contributed by atoms with Gasteiger partial charge in [-0.2, -0.15) is 0 Å². The van der Waals surface area contributed by atoms with Crippen LogP contribution in [0, 0.1) is 0 Å². The Morgan fingerprint density at radius 3 is 2.62 bits per heavy atom. The molecule has 0 saturated carbocycles. The highest BCUT2D eigenvalue weighted by Gasteiger charge is 1.95. The molecular formula is C5H13NO2. The van der Waals surface area contributed by atoms with E-state index >= 15 is 0 Å². The third-order valence-electron chi connectivity index (χ3n) is 1.02. The molecular weight excluding hydrogens is 106 g/mol. The summed E-state index contributed by atoms with van der Waals surface area (Å²) in [6.45, 7) is 2.06. The smallest absolute Gasteiger partial charge is 0.0431 e. The Bertz CT molecular complexity index is 49.7. The van der Waals surface area contributed by atoms with Gasteiger partial charge in [0.05, 0.1) is 0 Å². The summed E-state index contributed by atoms with van der Waals surface area (Å²) in [4.78, 5) is 0. The summed E-state index contributed by atoms with van der Waals surface area (Å²) in [5, 5.41) is 16.5. The molecule has 0 aromatic heterocycles. The number of rotatable bonds is 4. The maximum Gasteiger partial charge on any atom is 0.0431 e. The van der Waals surface area contributed by atoms with Crippen LogP contribution in [0.3, 0.4) is 0 Å². The molecule has 0 fully saturated rings. The molecule has 0 aromatic carbocycles. The summed E-state index contributed by atoms with van der Waals surface area (Å²) >= 11 is 0. The zero-order chi connectivity index (χ0) is 6.41. The van der Waals surface area contributed by atoms with Crippen LogP contribution in [-0.2, 0) is 0 Å². The van der Waals surface area contributed by atoms with Crippen molar-refractivity contribution in [2.75, 3.05) is 6.61 Å². The summed E-state index contributed by atoms with van der Waals surface area (Å²) in [6, 6.07) is 0.0992. The first-order chi connectivity index (χ1) is 3.81. The Morgan fingerprint density at radius 2 is 2.25 bits per heavy atom. The minimum absolute atomic E-state index is 0.0992. The first-order valence-electron chi connectivity index (χ1n) is 2.81. The molecule has 8 heavy (non-hydrogen) atoms. The second-order valence-corrected chi connectivity index (χ2v) is 1.90. The minimum Gasteiger partial charge on any atom is -0.396 e. The Balaban J connectivity index is 2.86. The van der Waals surface area contributed by atoms with Crippen LogP contribution in [0.4, 0.5) is 0 Å². The predicted octanol–water partition coefficient (Wildman–Crippen LogP) is 0.126. The third-order valence-corrected chi connectivity index (χ3v) is 1.02. The lowest BCUT2D eigenvalue weighted by molar-refractivity contribution is 0.124. The van der Waals surface area contributed by atoms with E-state index in [1.165, 1.54) is 0 Å². The molecule has 0 aliphatic carbocycles. The molecule has 3 nitrogen and oxygen atoms in total. The second-order valence-electron chi connectivity index (χ2n) is 1.90. The molecule has 0 amide bonds. The van der Waals surface area contributed by atoms with Crippen molar-refractivity contribution >= 4 is 0 Å². The van der Waals surface area contributed by atoms with Crippen LogP contribution in [0.1, 0.15) is 19.8 Å². The van der Waals surface area contributed by atoms with Gasteiger partial charge in [-0.25, -0.2) is 5.48 Å². The van der Waals surface area contributed by atoms with Gasteiger partial charge in [-0.05, 0) is 19.8 Å². The van der Waals surface area contributed by atoms with Crippen LogP contribution < -0.4 is 5.48 Å². The highest BCUT2D eigenvalue weighted by atomic mass is 16.5. The van der Waals surface area contributed by atoms with E-state index in [2.05, 4.69) is 5.48 Å². The minimum atomic E-state index is 0.0992. The lowest BCUT2D eigenvalue weighted by Crippen LogP contribution is -2.21. The second kappa shape index (κ2) is 5.03. The molecule has 0 aromatic rings. The fraction of sp³-hybridized carbons (Fsp3) is 1.00. The van der Waals surface area contributed by atoms with Gasteiger partial charge in [-0.1, -0.05) is 0 Å². The average molecular weight is 119 g/mol. The lowest BCUT2D eigenvalue weighted by atomic mass is 10.2. The van der Waals surface area contributed by atoms with E-state index in [9.17, 15) is 0 Å². The number of hydrogen-bond donors (Lipinski definition) is 3. The van der Waals surface area contributed by atoms with Crippen molar-refractivity contribution in [3.05, 3.63) is 0 Å². The van der Waals surface area contributed by atoms with E-state index in [-0.39, 0.29) is 12.6 Å². The molecule has 0 radical (unpaired) electrons. The quantitative estimate of drug-likeness (QED) is 0.461. The van der Waals surface area contributed by atoms with Crippen molar-refractivity contribution in [3.63, 3.8) is 0 Å². The predicted molar refractivity (Wildman–Crippen MR) is 30.7 cm³/mol. The molecule has 0 spiro atoms. The Labute approximate surface area is 49.3 Å². The van der Waals surface area contributed by atoms with Gasteiger partial charge < -0.3 is 10.3 Å². The van der Waals surface area contributed by atoms with E-state index < -0.39 is 0 Å². The molecule has 0 heterocycles. The van der Waals surface area contributed by atoms with E-state index in [0.717, 1.165) is 12.8 Å². The topological polar surface area (TPSA) is 52.5 Å². The van der Waals surface area contributed by atoms with Crippen molar-refractivity contribution in [2.45, 2.75) is 25.8 Å². The number of nitrogens with one attached hydrogen (secondary N) is 1. The van der Waals surface area contributed by atoms with Crippen molar-refractivity contribution in [1.82, 2.24) is 5.48 Å². The molecule has 1 atom stereocenters. The van der Waals surface area contributed by atoms with Gasteiger partial charge in [0.2, 0.25) is 0 Å². The van der Waals surface area contributed by atoms with Gasteiger partial charge >= 0.3 is 0 Å². The molecule has 0 aliphatic heterocycles. The molecule has 50 valence electrons. The molecule has 1 unspecified atom stereocenters. The lowest BCUT2D eigenvalue weighted by Gasteiger charge is -2.05. The van der Waals surface area contributed by atoms with Crippen LogP contribution in [0.2, 0.25) is 0 Å². The highest BCUT2D eigenvalue weighted by Crippen LogP contribution is 1.92. The summed E-state index contributed by atoms with van der Waals surface area (Å²) in [7, 11) is 0.